The summed E-state index contributed by atoms with van der Waals surface area (Å²) in [5, 5.41) is 3.12. The Kier molecular flexibility index (Phi) is 3.73. The maximum atomic E-state index is 15.3. The van der Waals surface area contributed by atoms with Crippen molar-refractivity contribution >= 4 is 21.4 Å². The molecule has 4 rings (SSSR count). The molecule has 0 bridgehead atoms. The third kappa shape index (κ3) is 2.57. The van der Waals surface area contributed by atoms with E-state index in [1.807, 2.05) is 18.4 Å². The molecule has 0 aliphatic carbocycles. The zero-order valence-electron chi connectivity index (χ0n) is 13.8. The van der Waals surface area contributed by atoms with Gasteiger partial charge in [0, 0.05) is 28.6 Å². The second-order valence-corrected chi connectivity index (χ2v) is 6.89. The molecule has 3 nitrogen and oxygen atoms in total. The molecule has 3 aromatic heterocycles. The molecule has 0 atom stereocenters. The van der Waals surface area contributed by atoms with Crippen LogP contribution in [0.2, 0.25) is 0 Å². The van der Waals surface area contributed by atoms with Crippen LogP contribution in [0.4, 0.5) is 4.39 Å². The van der Waals surface area contributed by atoms with Gasteiger partial charge in [-0.05, 0) is 54.4 Å². The lowest BCUT2D eigenvalue weighted by Gasteiger charge is -2.09. The van der Waals surface area contributed by atoms with Crippen molar-refractivity contribution in [2.24, 2.45) is 0 Å². The molecule has 4 aromatic rings. The second kappa shape index (κ2) is 5.93. The van der Waals surface area contributed by atoms with Gasteiger partial charge in [0.05, 0.1) is 10.4 Å². The minimum atomic E-state index is -0.428. The number of benzene rings is 1. The molecule has 124 valence electrons. The number of halogens is 1. The van der Waals surface area contributed by atoms with E-state index in [-0.39, 0.29) is 11.1 Å². The molecule has 0 saturated heterocycles. The zero-order valence-corrected chi connectivity index (χ0v) is 14.6. The summed E-state index contributed by atoms with van der Waals surface area (Å²) in [6.07, 6.45) is 1.70. The van der Waals surface area contributed by atoms with Gasteiger partial charge in [-0.2, -0.15) is 0 Å². The number of aryl methyl sites for hydroxylation is 2. The van der Waals surface area contributed by atoms with Crippen LogP contribution in [-0.2, 0) is 0 Å². The predicted molar refractivity (Wildman–Crippen MR) is 101 cm³/mol. The standard InChI is InChI=1S/C20H15FN2OS/c1-11-10-25-19-13(11)8-9-22-18(19)16-5-3-4-14(17(16)21)15-7-6-12(2)23-20(15)24/h3-10H,1-2H3,(H,23,24). The van der Waals surface area contributed by atoms with Gasteiger partial charge in [0.25, 0.3) is 5.56 Å². The molecule has 0 unspecified atom stereocenters. The number of H-pyrrole nitrogens is 1. The first-order valence-corrected chi connectivity index (χ1v) is 8.76. The molecular weight excluding hydrogens is 335 g/mol. The van der Waals surface area contributed by atoms with E-state index in [4.69, 9.17) is 0 Å². The smallest absolute Gasteiger partial charge is 0.256 e. The number of nitrogens with zero attached hydrogens (tertiary/aromatic N) is 1. The van der Waals surface area contributed by atoms with E-state index in [0.29, 0.717) is 16.8 Å². The first kappa shape index (κ1) is 15.7. The van der Waals surface area contributed by atoms with Gasteiger partial charge in [0.15, 0.2) is 0 Å². The molecule has 1 N–H and O–H groups in total. The van der Waals surface area contributed by atoms with Crippen molar-refractivity contribution in [3.63, 3.8) is 0 Å². The summed E-state index contributed by atoms with van der Waals surface area (Å²) in [5.41, 5.74) is 3.21. The quantitative estimate of drug-likeness (QED) is 0.548. The van der Waals surface area contributed by atoms with Crippen molar-refractivity contribution in [3.05, 3.63) is 75.4 Å². The molecule has 0 aliphatic heterocycles. The first-order chi connectivity index (χ1) is 12.1. The maximum absolute atomic E-state index is 15.3. The minimum Gasteiger partial charge on any atom is -0.326 e. The third-order valence-corrected chi connectivity index (χ3v) is 5.40. The number of aromatic amines is 1. The Morgan fingerprint density at radius 1 is 1.04 bits per heavy atom. The van der Waals surface area contributed by atoms with E-state index in [9.17, 15) is 4.79 Å². The van der Waals surface area contributed by atoms with Crippen molar-refractivity contribution in [3.8, 4) is 22.4 Å². The van der Waals surface area contributed by atoms with Crippen molar-refractivity contribution < 1.29 is 4.39 Å². The van der Waals surface area contributed by atoms with E-state index >= 15 is 4.39 Å². The normalized spacial score (nSPS) is 11.2. The van der Waals surface area contributed by atoms with E-state index in [1.54, 1.807) is 54.8 Å². The molecule has 25 heavy (non-hydrogen) atoms. The van der Waals surface area contributed by atoms with Crippen molar-refractivity contribution in [2.75, 3.05) is 0 Å². The zero-order chi connectivity index (χ0) is 17.6. The van der Waals surface area contributed by atoms with Crippen LogP contribution in [-0.4, -0.2) is 9.97 Å². The van der Waals surface area contributed by atoms with Crippen LogP contribution in [0.25, 0.3) is 32.5 Å². The lowest BCUT2D eigenvalue weighted by Crippen LogP contribution is -2.10. The van der Waals surface area contributed by atoms with Crippen LogP contribution in [0.1, 0.15) is 11.3 Å². The number of rotatable bonds is 2. The average molecular weight is 350 g/mol. The van der Waals surface area contributed by atoms with Gasteiger partial charge < -0.3 is 4.98 Å². The Balaban J connectivity index is 1.97. The fourth-order valence-electron chi connectivity index (χ4n) is 2.99. The molecule has 0 fully saturated rings. The Bertz CT molecular complexity index is 1160. The highest BCUT2D eigenvalue weighted by Crippen LogP contribution is 2.36. The summed E-state index contributed by atoms with van der Waals surface area (Å²) >= 11 is 1.55. The molecule has 0 saturated carbocycles. The number of thiophene rings is 1. The molecule has 0 amide bonds. The van der Waals surface area contributed by atoms with E-state index in [0.717, 1.165) is 21.3 Å². The summed E-state index contributed by atoms with van der Waals surface area (Å²) in [4.78, 5) is 19.3. The van der Waals surface area contributed by atoms with Crippen LogP contribution in [0.5, 0.6) is 0 Å². The fraction of sp³-hybridized carbons (Fsp3) is 0.100. The maximum Gasteiger partial charge on any atom is 0.256 e. The van der Waals surface area contributed by atoms with Gasteiger partial charge in [-0.1, -0.05) is 12.1 Å². The monoisotopic (exact) mass is 350 g/mol. The summed E-state index contributed by atoms with van der Waals surface area (Å²) in [6.45, 7) is 3.82. The topological polar surface area (TPSA) is 45.8 Å². The lowest BCUT2D eigenvalue weighted by atomic mass is 10.0. The summed E-state index contributed by atoms with van der Waals surface area (Å²) in [7, 11) is 0. The van der Waals surface area contributed by atoms with Crippen LogP contribution >= 0.6 is 11.3 Å². The highest BCUT2D eigenvalue weighted by Gasteiger charge is 2.17. The lowest BCUT2D eigenvalue weighted by molar-refractivity contribution is 0.634. The molecule has 1 aromatic carbocycles. The molecule has 5 heteroatoms. The third-order valence-electron chi connectivity index (χ3n) is 4.28. The van der Waals surface area contributed by atoms with Crippen LogP contribution in [0.3, 0.4) is 0 Å². The number of hydrogen-bond donors (Lipinski definition) is 1. The number of fused-ring (bicyclic) bond motifs is 1. The number of hydrogen-bond acceptors (Lipinski definition) is 3. The number of pyridine rings is 2. The van der Waals surface area contributed by atoms with Gasteiger partial charge >= 0.3 is 0 Å². The molecule has 3 heterocycles. The van der Waals surface area contributed by atoms with Gasteiger partial charge in [0.2, 0.25) is 0 Å². The number of aromatic nitrogens is 2. The number of nitrogens with one attached hydrogen (secondary N) is 1. The van der Waals surface area contributed by atoms with E-state index in [2.05, 4.69) is 9.97 Å². The SMILES string of the molecule is Cc1ccc(-c2cccc(-c3nccc4c(C)csc34)c2F)c(=O)[nH]1. The Hall–Kier alpha value is -2.79. The summed E-state index contributed by atoms with van der Waals surface area (Å²) in [6, 6.07) is 10.5. The Labute approximate surface area is 147 Å². The van der Waals surface area contributed by atoms with Crippen LogP contribution in [0.15, 0.2) is 52.8 Å². The Morgan fingerprint density at radius 2 is 1.84 bits per heavy atom. The molecular formula is C20H15FN2OS. The highest BCUT2D eigenvalue weighted by molar-refractivity contribution is 7.18. The largest absolute Gasteiger partial charge is 0.326 e. The molecule has 0 aliphatic rings. The first-order valence-electron chi connectivity index (χ1n) is 7.88. The Morgan fingerprint density at radius 3 is 2.64 bits per heavy atom. The summed E-state index contributed by atoms with van der Waals surface area (Å²) in [5.74, 6) is -0.428. The van der Waals surface area contributed by atoms with Crippen LogP contribution in [0, 0.1) is 19.7 Å². The van der Waals surface area contributed by atoms with Gasteiger partial charge in [0.1, 0.15) is 5.82 Å². The second-order valence-electron chi connectivity index (χ2n) is 6.01. The highest BCUT2D eigenvalue weighted by atomic mass is 32.1. The van der Waals surface area contributed by atoms with Crippen molar-refractivity contribution in [1.82, 2.24) is 9.97 Å². The fourth-order valence-corrected chi connectivity index (χ4v) is 4.04. The predicted octanol–water partition coefficient (Wildman–Crippen LogP) is 5.07. The van der Waals surface area contributed by atoms with Crippen molar-refractivity contribution in [2.45, 2.75) is 13.8 Å². The van der Waals surface area contributed by atoms with Crippen molar-refractivity contribution in [1.29, 1.82) is 0 Å². The van der Waals surface area contributed by atoms with Crippen LogP contribution < -0.4 is 5.56 Å². The van der Waals surface area contributed by atoms with E-state index in [1.165, 1.54) is 0 Å². The minimum absolute atomic E-state index is 0.283. The average Bonchev–Trinajstić information content (AvgIpc) is 2.97. The van der Waals surface area contributed by atoms with E-state index < -0.39 is 5.82 Å². The molecule has 0 spiro atoms. The van der Waals surface area contributed by atoms with Gasteiger partial charge in [-0.3, -0.25) is 9.78 Å². The van der Waals surface area contributed by atoms with Gasteiger partial charge in [-0.25, -0.2) is 4.39 Å². The summed E-state index contributed by atoms with van der Waals surface area (Å²) < 4.78 is 16.2. The van der Waals surface area contributed by atoms with Gasteiger partial charge in [-0.15, -0.1) is 11.3 Å². The molecule has 0 radical (unpaired) electrons.